The van der Waals surface area contributed by atoms with E-state index in [2.05, 4.69) is 56.3 Å². The topological polar surface area (TPSA) is 33.1 Å². The second-order valence-corrected chi connectivity index (χ2v) is 5.55. The van der Waals surface area contributed by atoms with Crippen LogP contribution in [0, 0.1) is 0 Å². The van der Waals surface area contributed by atoms with E-state index in [-0.39, 0.29) is 5.54 Å². The molecule has 1 rings (SSSR count). The number of hydrogen-bond donors (Lipinski definition) is 1. The molecule has 0 bridgehead atoms. The largest absolute Gasteiger partial charge is 0.315 e. The highest BCUT2D eigenvalue weighted by molar-refractivity contribution is 5.11. The second-order valence-electron chi connectivity index (χ2n) is 5.55. The Labute approximate surface area is 124 Å². The molecule has 20 heavy (non-hydrogen) atoms. The van der Waals surface area contributed by atoms with Crippen molar-refractivity contribution in [3.05, 3.63) is 18.0 Å². The van der Waals surface area contributed by atoms with Crippen molar-refractivity contribution in [1.29, 1.82) is 0 Å². The second kappa shape index (κ2) is 7.79. The van der Waals surface area contributed by atoms with Gasteiger partial charge in [-0.3, -0.25) is 9.58 Å². The van der Waals surface area contributed by atoms with Gasteiger partial charge in [0.05, 0.1) is 6.20 Å². The summed E-state index contributed by atoms with van der Waals surface area (Å²) in [5, 5.41) is 7.87. The van der Waals surface area contributed by atoms with Crippen LogP contribution in [0.4, 0.5) is 0 Å². The van der Waals surface area contributed by atoms with Gasteiger partial charge in [-0.15, -0.1) is 0 Å². The Hall–Kier alpha value is -0.870. The molecule has 0 radical (unpaired) electrons. The number of nitrogens with one attached hydrogen (secondary N) is 1. The lowest BCUT2D eigenvalue weighted by Crippen LogP contribution is -2.61. The summed E-state index contributed by atoms with van der Waals surface area (Å²) in [6, 6.07) is 0.446. The summed E-state index contributed by atoms with van der Waals surface area (Å²) in [5.74, 6) is 0. The van der Waals surface area contributed by atoms with Gasteiger partial charge in [0, 0.05) is 24.8 Å². The molecular weight excluding hydrogens is 248 g/mol. The van der Waals surface area contributed by atoms with Gasteiger partial charge in [-0.1, -0.05) is 27.7 Å². The van der Waals surface area contributed by atoms with Crippen molar-refractivity contribution in [2.24, 2.45) is 7.05 Å². The van der Waals surface area contributed by atoms with E-state index >= 15 is 0 Å². The smallest absolute Gasteiger partial charge is 0.0522 e. The summed E-state index contributed by atoms with van der Waals surface area (Å²) >= 11 is 0. The number of rotatable bonds is 9. The van der Waals surface area contributed by atoms with E-state index in [1.165, 1.54) is 5.56 Å². The maximum absolute atomic E-state index is 4.30. The number of nitrogens with zero attached hydrogens (tertiary/aromatic N) is 3. The summed E-state index contributed by atoms with van der Waals surface area (Å²) in [4.78, 5) is 2.62. The standard InChI is InChI=1S/C16H32N4/c1-7-16(8-2,20(9-3)10-4)15(17-5)11-14-12-18-19(6)13-14/h12-13,15,17H,7-11H2,1-6H3. The van der Waals surface area contributed by atoms with Crippen molar-refractivity contribution in [1.82, 2.24) is 20.0 Å². The molecule has 1 unspecified atom stereocenters. The fourth-order valence-corrected chi connectivity index (χ4v) is 3.64. The Morgan fingerprint density at radius 3 is 2.20 bits per heavy atom. The fourth-order valence-electron chi connectivity index (χ4n) is 3.64. The lowest BCUT2D eigenvalue weighted by Gasteiger charge is -2.48. The van der Waals surface area contributed by atoms with Gasteiger partial charge >= 0.3 is 0 Å². The third-order valence-corrected chi connectivity index (χ3v) is 4.81. The Balaban J connectivity index is 3.01. The zero-order valence-corrected chi connectivity index (χ0v) is 14.1. The first-order valence-electron chi connectivity index (χ1n) is 7.97. The summed E-state index contributed by atoms with van der Waals surface area (Å²) in [6.07, 6.45) is 7.47. The SMILES string of the molecule is CCN(CC)C(CC)(CC)C(Cc1cnn(C)c1)NC. The van der Waals surface area contributed by atoms with Gasteiger partial charge in [-0.05, 0) is 45.0 Å². The van der Waals surface area contributed by atoms with Crippen LogP contribution in [0.25, 0.3) is 0 Å². The minimum atomic E-state index is 0.216. The molecule has 1 aromatic rings. The van der Waals surface area contributed by atoms with E-state index in [0.717, 1.165) is 32.4 Å². The lowest BCUT2D eigenvalue weighted by atomic mass is 9.80. The van der Waals surface area contributed by atoms with Gasteiger partial charge < -0.3 is 5.32 Å². The predicted octanol–water partition coefficient (Wildman–Crippen LogP) is 2.45. The fraction of sp³-hybridized carbons (Fsp3) is 0.812. The first-order chi connectivity index (χ1) is 9.57. The minimum absolute atomic E-state index is 0.216. The molecular formula is C16H32N4. The molecule has 4 heteroatoms. The van der Waals surface area contributed by atoms with Crippen molar-refractivity contribution >= 4 is 0 Å². The third kappa shape index (κ3) is 3.41. The summed E-state index contributed by atoms with van der Waals surface area (Å²) < 4.78 is 1.89. The summed E-state index contributed by atoms with van der Waals surface area (Å²) in [5.41, 5.74) is 1.53. The predicted molar refractivity (Wildman–Crippen MR) is 86.0 cm³/mol. The van der Waals surface area contributed by atoms with E-state index in [4.69, 9.17) is 0 Å². The van der Waals surface area contributed by atoms with Crippen LogP contribution in [0.5, 0.6) is 0 Å². The molecule has 0 saturated carbocycles. The number of hydrogen-bond acceptors (Lipinski definition) is 3. The van der Waals surface area contributed by atoms with E-state index in [1.807, 2.05) is 17.9 Å². The van der Waals surface area contributed by atoms with E-state index in [9.17, 15) is 0 Å². The van der Waals surface area contributed by atoms with Crippen molar-refractivity contribution in [3.8, 4) is 0 Å². The Morgan fingerprint density at radius 1 is 1.25 bits per heavy atom. The van der Waals surface area contributed by atoms with Crippen molar-refractivity contribution in [2.75, 3.05) is 20.1 Å². The summed E-state index contributed by atoms with van der Waals surface area (Å²) in [7, 11) is 4.07. The first kappa shape index (κ1) is 17.2. The monoisotopic (exact) mass is 280 g/mol. The average Bonchev–Trinajstić information content (AvgIpc) is 2.88. The number of aryl methyl sites for hydroxylation is 1. The zero-order chi connectivity index (χ0) is 15.2. The highest BCUT2D eigenvalue weighted by Crippen LogP contribution is 2.29. The van der Waals surface area contributed by atoms with Gasteiger partial charge in [-0.2, -0.15) is 5.10 Å². The summed E-state index contributed by atoms with van der Waals surface area (Å²) in [6.45, 7) is 11.4. The molecule has 0 aliphatic heterocycles. The number of likely N-dealkylation sites (N-methyl/N-ethyl adjacent to an activating group) is 2. The van der Waals surface area contributed by atoms with E-state index < -0.39 is 0 Å². The first-order valence-corrected chi connectivity index (χ1v) is 7.97. The Morgan fingerprint density at radius 2 is 1.85 bits per heavy atom. The molecule has 1 aromatic heterocycles. The van der Waals surface area contributed by atoms with Gasteiger partial charge in [0.15, 0.2) is 0 Å². The van der Waals surface area contributed by atoms with E-state index in [1.54, 1.807) is 0 Å². The molecule has 0 spiro atoms. The van der Waals surface area contributed by atoms with Crippen LogP contribution in [0.1, 0.15) is 46.1 Å². The van der Waals surface area contributed by atoms with Crippen molar-refractivity contribution < 1.29 is 0 Å². The number of aromatic nitrogens is 2. The maximum Gasteiger partial charge on any atom is 0.0522 e. The molecule has 0 aliphatic carbocycles. The highest BCUT2D eigenvalue weighted by Gasteiger charge is 2.39. The molecule has 0 saturated heterocycles. The van der Waals surface area contributed by atoms with Crippen LogP contribution in [-0.4, -0.2) is 46.4 Å². The van der Waals surface area contributed by atoms with Gasteiger partial charge in [0.1, 0.15) is 0 Å². The zero-order valence-electron chi connectivity index (χ0n) is 14.1. The van der Waals surface area contributed by atoms with Crippen LogP contribution < -0.4 is 5.32 Å². The Bertz CT molecular complexity index is 378. The molecule has 0 aromatic carbocycles. The molecule has 116 valence electrons. The van der Waals surface area contributed by atoms with Crippen molar-refractivity contribution in [2.45, 2.75) is 58.5 Å². The van der Waals surface area contributed by atoms with Crippen LogP contribution in [-0.2, 0) is 13.5 Å². The Kier molecular flexibility index (Phi) is 6.69. The molecule has 1 N–H and O–H groups in total. The van der Waals surface area contributed by atoms with Gasteiger partial charge in [0.2, 0.25) is 0 Å². The van der Waals surface area contributed by atoms with E-state index in [0.29, 0.717) is 6.04 Å². The highest BCUT2D eigenvalue weighted by atomic mass is 15.2. The molecule has 1 atom stereocenters. The van der Waals surface area contributed by atoms with Gasteiger partial charge in [0.25, 0.3) is 0 Å². The average molecular weight is 280 g/mol. The molecule has 4 nitrogen and oxygen atoms in total. The maximum atomic E-state index is 4.30. The normalized spacial score (nSPS) is 13.9. The van der Waals surface area contributed by atoms with Crippen LogP contribution in [0.2, 0.25) is 0 Å². The molecule has 0 aliphatic rings. The quantitative estimate of drug-likeness (QED) is 0.754. The molecule has 1 heterocycles. The van der Waals surface area contributed by atoms with Crippen LogP contribution in [0.15, 0.2) is 12.4 Å². The minimum Gasteiger partial charge on any atom is -0.315 e. The van der Waals surface area contributed by atoms with Gasteiger partial charge in [-0.25, -0.2) is 0 Å². The molecule has 0 amide bonds. The van der Waals surface area contributed by atoms with Crippen molar-refractivity contribution in [3.63, 3.8) is 0 Å². The molecule has 0 fully saturated rings. The van der Waals surface area contributed by atoms with Crippen LogP contribution in [0.3, 0.4) is 0 Å². The third-order valence-electron chi connectivity index (χ3n) is 4.81. The van der Waals surface area contributed by atoms with Crippen LogP contribution >= 0.6 is 0 Å². The lowest BCUT2D eigenvalue weighted by molar-refractivity contribution is 0.0519.